The average Bonchev–Trinajstić information content (AvgIpc) is 3.01. The lowest BCUT2D eigenvalue weighted by Crippen LogP contribution is -2.48. The van der Waals surface area contributed by atoms with Crippen LogP contribution in [-0.2, 0) is 10.0 Å². The van der Waals surface area contributed by atoms with Gasteiger partial charge in [0.25, 0.3) is 0 Å². The predicted molar refractivity (Wildman–Crippen MR) is 90.8 cm³/mol. The Morgan fingerprint density at radius 3 is 2.30 bits per heavy atom. The summed E-state index contributed by atoms with van der Waals surface area (Å²) in [7, 11) is -1.89. The van der Waals surface area contributed by atoms with Crippen LogP contribution < -0.4 is 9.64 Å². The Morgan fingerprint density at radius 2 is 1.78 bits per heavy atom. The Morgan fingerprint density at radius 1 is 1.13 bits per heavy atom. The van der Waals surface area contributed by atoms with Crippen molar-refractivity contribution in [1.82, 2.24) is 9.29 Å². The van der Waals surface area contributed by atoms with Gasteiger partial charge in [-0.2, -0.15) is 4.31 Å². The first-order valence-electron chi connectivity index (χ1n) is 7.32. The van der Waals surface area contributed by atoms with Gasteiger partial charge in [0.15, 0.2) is 5.13 Å². The van der Waals surface area contributed by atoms with Crippen LogP contribution in [-0.4, -0.2) is 51.0 Å². The zero-order valence-corrected chi connectivity index (χ0v) is 14.7. The van der Waals surface area contributed by atoms with Gasteiger partial charge < -0.3 is 9.64 Å². The van der Waals surface area contributed by atoms with Gasteiger partial charge in [-0.15, -0.1) is 11.3 Å². The molecule has 1 aliphatic heterocycles. The van der Waals surface area contributed by atoms with Crippen LogP contribution in [0.2, 0.25) is 0 Å². The van der Waals surface area contributed by atoms with Crippen LogP contribution in [0.1, 0.15) is 4.88 Å². The zero-order valence-electron chi connectivity index (χ0n) is 13.1. The highest BCUT2D eigenvalue weighted by molar-refractivity contribution is 7.89. The number of piperazine rings is 1. The molecular formula is C15H19N3O3S2. The smallest absolute Gasteiger partial charge is 0.243 e. The molecule has 0 bridgehead atoms. The molecule has 1 aromatic carbocycles. The van der Waals surface area contributed by atoms with Crippen molar-refractivity contribution in [3.63, 3.8) is 0 Å². The fraction of sp³-hybridized carbons (Fsp3) is 0.400. The number of anilines is 1. The number of aryl methyl sites for hydroxylation is 1. The fourth-order valence-corrected chi connectivity index (χ4v) is 4.74. The second kappa shape index (κ2) is 6.46. The SMILES string of the molecule is COc1ccc(S(=O)(=O)N2CCN(c3ncc(C)s3)CC2)cc1. The minimum absolute atomic E-state index is 0.303. The quantitative estimate of drug-likeness (QED) is 0.841. The number of methoxy groups -OCH3 is 1. The lowest BCUT2D eigenvalue weighted by molar-refractivity contribution is 0.384. The molecule has 2 heterocycles. The van der Waals surface area contributed by atoms with Crippen molar-refractivity contribution >= 4 is 26.5 Å². The molecule has 124 valence electrons. The van der Waals surface area contributed by atoms with E-state index in [1.807, 2.05) is 13.1 Å². The third-order valence-corrected chi connectivity index (χ3v) is 6.70. The molecule has 0 radical (unpaired) electrons. The highest BCUT2D eigenvalue weighted by Gasteiger charge is 2.29. The first kappa shape index (κ1) is 16.2. The molecule has 0 unspecified atom stereocenters. The van der Waals surface area contributed by atoms with Gasteiger partial charge in [0.1, 0.15) is 5.75 Å². The minimum Gasteiger partial charge on any atom is -0.497 e. The molecule has 0 N–H and O–H groups in total. The van der Waals surface area contributed by atoms with Gasteiger partial charge in [0, 0.05) is 37.3 Å². The van der Waals surface area contributed by atoms with Gasteiger partial charge in [0.05, 0.1) is 12.0 Å². The van der Waals surface area contributed by atoms with Gasteiger partial charge in [0.2, 0.25) is 10.0 Å². The van der Waals surface area contributed by atoms with E-state index in [1.54, 1.807) is 42.7 Å². The lowest BCUT2D eigenvalue weighted by Gasteiger charge is -2.33. The summed E-state index contributed by atoms with van der Waals surface area (Å²) in [6.07, 6.45) is 1.85. The molecule has 0 spiro atoms. The predicted octanol–water partition coefficient (Wildman–Crippen LogP) is 1.97. The van der Waals surface area contributed by atoms with Crippen LogP contribution in [0, 0.1) is 6.92 Å². The number of aromatic nitrogens is 1. The number of sulfonamides is 1. The van der Waals surface area contributed by atoms with Crippen molar-refractivity contribution in [2.45, 2.75) is 11.8 Å². The molecule has 2 aromatic rings. The van der Waals surface area contributed by atoms with Crippen LogP contribution in [0.25, 0.3) is 0 Å². The number of hydrogen-bond acceptors (Lipinski definition) is 6. The van der Waals surface area contributed by atoms with Crippen molar-refractivity contribution in [2.24, 2.45) is 0 Å². The monoisotopic (exact) mass is 353 g/mol. The summed E-state index contributed by atoms with van der Waals surface area (Å²) in [5.41, 5.74) is 0. The number of thiazole rings is 1. The highest BCUT2D eigenvalue weighted by atomic mass is 32.2. The zero-order chi connectivity index (χ0) is 16.4. The summed E-state index contributed by atoms with van der Waals surface area (Å²) in [6.45, 7) is 4.26. The summed E-state index contributed by atoms with van der Waals surface area (Å²) in [4.78, 5) is 7.97. The standard InChI is InChI=1S/C15H19N3O3S2/c1-12-11-16-15(22-12)17-7-9-18(10-8-17)23(19,20)14-5-3-13(21-2)4-6-14/h3-6,11H,7-10H2,1-2H3. The minimum atomic E-state index is -3.45. The van der Waals surface area contributed by atoms with E-state index in [9.17, 15) is 8.42 Å². The maximum Gasteiger partial charge on any atom is 0.243 e. The molecule has 0 atom stereocenters. The molecule has 0 aliphatic carbocycles. The van der Waals surface area contributed by atoms with Gasteiger partial charge in [-0.3, -0.25) is 0 Å². The Balaban J connectivity index is 1.70. The van der Waals surface area contributed by atoms with E-state index in [2.05, 4.69) is 9.88 Å². The molecule has 1 aliphatic rings. The molecular weight excluding hydrogens is 334 g/mol. The summed E-state index contributed by atoms with van der Waals surface area (Å²) in [6, 6.07) is 6.51. The number of ether oxygens (including phenoxy) is 1. The molecule has 1 saturated heterocycles. The summed E-state index contributed by atoms with van der Waals surface area (Å²) >= 11 is 1.64. The molecule has 3 rings (SSSR count). The number of rotatable bonds is 4. The van der Waals surface area contributed by atoms with E-state index >= 15 is 0 Å². The Kier molecular flexibility index (Phi) is 4.56. The summed E-state index contributed by atoms with van der Waals surface area (Å²) in [5, 5.41) is 0.962. The van der Waals surface area contributed by atoms with Crippen LogP contribution in [0.4, 0.5) is 5.13 Å². The van der Waals surface area contributed by atoms with E-state index in [0.717, 1.165) is 10.0 Å². The Labute approximate surface area is 140 Å². The van der Waals surface area contributed by atoms with Crippen molar-refractivity contribution in [3.8, 4) is 5.75 Å². The van der Waals surface area contributed by atoms with Gasteiger partial charge in [-0.05, 0) is 31.2 Å². The Hall–Kier alpha value is -1.64. The average molecular weight is 353 g/mol. The fourth-order valence-electron chi connectivity index (χ4n) is 2.51. The van der Waals surface area contributed by atoms with Gasteiger partial charge in [-0.25, -0.2) is 13.4 Å². The van der Waals surface area contributed by atoms with Crippen molar-refractivity contribution in [2.75, 3.05) is 38.2 Å². The molecule has 0 amide bonds. The van der Waals surface area contributed by atoms with Gasteiger partial charge in [-0.1, -0.05) is 0 Å². The van der Waals surface area contributed by atoms with E-state index in [4.69, 9.17) is 4.74 Å². The molecule has 6 nitrogen and oxygen atoms in total. The number of benzene rings is 1. The van der Waals surface area contributed by atoms with E-state index in [0.29, 0.717) is 36.8 Å². The molecule has 1 fully saturated rings. The topological polar surface area (TPSA) is 62.7 Å². The maximum absolute atomic E-state index is 12.7. The second-order valence-corrected chi connectivity index (χ2v) is 8.47. The third-order valence-electron chi connectivity index (χ3n) is 3.82. The first-order chi connectivity index (χ1) is 11.0. The first-order valence-corrected chi connectivity index (χ1v) is 9.58. The maximum atomic E-state index is 12.7. The summed E-state index contributed by atoms with van der Waals surface area (Å²) < 4.78 is 32.0. The highest BCUT2D eigenvalue weighted by Crippen LogP contribution is 2.25. The summed E-state index contributed by atoms with van der Waals surface area (Å²) in [5.74, 6) is 0.646. The molecule has 23 heavy (non-hydrogen) atoms. The lowest BCUT2D eigenvalue weighted by atomic mass is 10.3. The third kappa shape index (κ3) is 3.34. The number of nitrogens with zero attached hydrogens (tertiary/aromatic N) is 3. The molecule has 1 aromatic heterocycles. The molecule has 8 heteroatoms. The number of hydrogen-bond donors (Lipinski definition) is 0. The van der Waals surface area contributed by atoms with E-state index in [-0.39, 0.29) is 0 Å². The Bertz CT molecular complexity index is 764. The van der Waals surface area contributed by atoms with Crippen LogP contribution >= 0.6 is 11.3 Å². The van der Waals surface area contributed by atoms with E-state index < -0.39 is 10.0 Å². The van der Waals surface area contributed by atoms with Crippen LogP contribution in [0.3, 0.4) is 0 Å². The molecule has 0 saturated carbocycles. The van der Waals surface area contributed by atoms with Crippen molar-refractivity contribution < 1.29 is 13.2 Å². The van der Waals surface area contributed by atoms with Crippen molar-refractivity contribution in [1.29, 1.82) is 0 Å². The van der Waals surface area contributed by atoms with E-state index in [1.165, 1.54) is 4.31 Å². The second-order valence-electron chi connectivity index (χ2n) is 5.32. The van der Waals surface area contributed by atoms with Crippen LogP contribution in [0.15, 0.2) is 35.4 Å². The van der Waals surface area contributed by atoms with Crippen molar-refractivity contribution in [3.05, 3.63) is 35.3 Å². The largest absolute Gasteiger partial charge is 0.497 e. The van der Waals surface area contributed by atoms with Crippen LogP contribution in [0.5, 0.6) is 5.75 Å². The van der Waals surface area contributed by atoms with Gasteiger partial charge >= 0.3 is 0 Å². The normalized spacial score (nSPS) is 16.5.